The second-order valence-electron chi connectivity index (χ2n) is 3.20. The van der Waals surface area contributed by atoms with E-state index in [1.807, 2.05) is 13.8 Å². The fourth-order valence-electron chi connectivity index (χ4n) is 1.34. The first-order valence-electron chi connectivity index (χ1n) is 4.72. The van der Waals surface area contributed by atoms with Crippen molar-refractivity contribution in [2.75, 3.05) is 6.54 Å². The molecule has 0 saturated carbocycles. The van der Waals surface area contributed by atoms with Gasteiger partial charge in [-0.15, -0.1) is 17.3 Å². The van der Waals surface area contributed by atoms with Crippen molar-refractivity contribution < 1.29 is 0 Å². The van der Waals surface area contributed by atoms with E-state index in [0.717, 1.165) is 17.2 Å². The van der Waals surface area contributed by atoms with Gasteiger partial charge in [0.05, 0.1) is 17.2 Å². The number of nitrogens with zero attached hydrogens (tertiary/aromatic N) is 1. The highest BCUT2D eigenvalue weighted by atomic mass is 32.1. The van der Waals surface area contributed by atoms with Crippen molar-refractivity contribution in [1.29, 1.82) is 0 Å². The smallest absolute Gasteiger partial charge is 0.0900 e. The molecular weight excluding hydrogens is 192 g/mol. The molecule has 0 aliphatic carbocycles. The minimum absolute atomic E-state index is 0.292. The molecule has 0 fully saturated rings. The first-order chi connectivity index (χ1) is 6.65. The van der Waals surface area contributed by atoms with Gasteiger partial charge in [0.25, 0.3) is 0 Å². The quantitative estimate of drug-likeness (QED) is 0.772. The molecule has 0 saturated heterocycles. The van der Waals surface area contributed by atoms with Gasteiger partial charge in [-0.1, -0.05) is 5.92 Å². The summed E-state index contributed by atoms with van der Waals surface area (Å²) in [7, 11) is 0. The maximum absolute atomic E-state index is 4.50. The summed E-state index contributed by atoms with van der Waals surface area (Å²) >= 11 is 1.75. The predicted molar refractivity (Wildman–Crippen MR) is 61.5 cm³/mol. The van der Waals surface area contributed by atoms with E-state index in [0.29, 0.717) is 6.04 Å². The van der Waals surface area contributed by atoms with Gasteiger partial charge in [0.1, 0.15) is 0 Å². The molecule has 1 atom stereocenters. The zero-order valence-electron chi connectivity index (χ0n) is 9.14. The van der Waals surface area contributed by atoms with Gasteiger partial charge in [0.15, 0.2) is 0 Å². The van der Waals surface area contributed by atoms with Gasteiger partial charge >= 0.3 is 0 Å². The van der Waals surface area contributed by atoms with E-state index < -0.39 is 0 Å². The van der Waals surface area contributed by atoms with Crippen LogP contribution in [0.5, 0.6) is 0 Å². The molecule has 0 radical (unpaired) electrons. The molecule has 0 amide bonds. The summed E-state index contributed by atoms with van der Waals surface area (Å²) in [6.07, 6.45) is 0. The Hall–Kier alpha value is -0.850. The van der Waals surface area contributed by atoms with Crippen molar-refractivity contribution in [3.8, 4) is 11.8 Å². The molecule has 3 heteroatoms. The topological polar surface area (TPSA) is 24.9 Å². The lowest BCUT2D eigenvalue weighted by atomic mass is 10.2. The van der Waals surface area contributed by atoms with Crippen molar-refractivity contribution in [2.24, 2.45) is 0 Å². The Bertz CT molecular complexity index is 357. The molecule has 0 bridgehead atoms. The molecule has 1 aromatic rings. The first-order valence-corrected chi connectivity index (χ1v) is 5.53. The molecule has 1 N–H and O–H groups in total. The highest BCUT2D eigenvalue weighted by Gasteiger charge is 2.11. The standard InChI is InChI=1S/C11H16N2S/c1-5-6-7-12-8(2)11-9(3)14-10(4)13-11/h8,12H,7H2,1-4H3. The second-order valence-corrected chi connectivity index (χ2v) is 4.61. The third kappa shape index (κ3) is 2.83. The molecule has 1 unspecified atom stereocenters. The maximum atomic E-state index is 4.50. The maximum Gasteiger partial charge on any atom is 0.0900 e. The number of thiazole rings is 1. The SMILES string of the molecule is CC#CCNC(C)c1nc(C)sc1C. The van der Waals surface area contributed by atoms with Gasteiger partial charge in [-0.25, -0.2) is 4.98 Å². The number of rotatable bonds is 3. The van der Waals surface area contributed by atoms with Crippen LogP contribution >= 0.6 is 11.3 Å². The van der Waals surface area contributed by atoms with Gasteiger partial charge in [-0.3, -0.25) is 5.32 Å². The summed E-state index contributed by atoms with van der Waals surface area (Å²) in [5.74, 6) is 5.85. The normalized spacial score (nSPS) is 12.0. The first kappa shape index (κ1) is 11.2. The van der Waals surface area contributed by atoms with Gasteiger partial charge in [-0.05, 0) is 27.7 Å². The van der Waals surface area contributed by atoms with E-state index in [4.69, 9.17) is 0 Å². The zero-order chi connectivity index (χ0) is 10.6. The summed E-state index contributed by atoms with van der Waals surface area (Å²) in [6.45, 7) is 8.86. The average molecular weight is 208 g/mol. The summed E-state index contributed by atoms with van der Waals surface area (Å²) in [5, 5.41) is 4.46. The summed E-state index contributed by atoms with van der Waals surface area (Å²) < 4.78 is 0. The third-order valence-corrected chi connectivity index (χ3v) is 2.92. The van der Waals surface area contributed by atoms with Crippen LogP contribution in [0.25, 0.3) is 0 Å². The Morgan fingerprint density at radius 3 is 2.71 bits per heavy atom. The molecule has 1 rings (SSSR count). The lowest BCUT2D eigenvalue weighted by Crippen LogP contribution is -2.19. The van der Waals surface area contributed by atoms with E-state index in [1.54, 1.807) is 11.3 Å². The van der Waals surface area contributed by atoms with Crippen LogP contribution < -0.4 is 5.32 Å². The summed E-state index contributed by atoms with van der Waals surface area (Å²) in [4.78, 5) is 5.79. The number of aryl methyl sites for hydroxylation is 2. The number of hydrogen-bond donors (Lipinski definition) is 1. The highest BCUT2D eigenvalue weighted by Crippen LogP contribution is 2.21. The zero-order valence-corrected chi connectivity index (χ0v) is 9.96. The van der Waals surface area contributed by atoms with Crippen LogP contribution in [-0.4, -0.2) is 11.5 Å². The Labute approximate surface area is 89.8 Å². The fraction of sp³-hybridized carbons (Fsp3) is 0.545. The molecule has 76 valence electrons. The van der Waals surface area contributed by atoms with E-state index in [1.165, 1.54) is 4.88 Å². The lowest BCUT2D eigenvalue weighted by molar-refractivity contribution is 0.605. The van der Waals surface area contributed by atoms with E-state index in [-0.39, 0.29) is 0 Å². The monoisotopic (exact) mass is 208 g/mol. The van der Waals surface area contributed by atoms with Crippen molar-refractivity contribution in [3.05, 3.63) is 15.6 Å². The third-order valence-electron chi connectivity index (χ3n) is 2.02. The van der Waals surface area contributed by atoms with Crippen LogP contribution in [0.2, 0.25) is 0 Å². The van der Waals surface area contributed by atoms with Crippen LogP contribution in [0.4, 0.5) is 0 Å². The fourth-order valence-corrected chi connectivity index (χ4v) is 2.25. The van der Waals surface area contributed by atoms with Crippen LogP contribution in [0.1, 0.15) is 35.5 Å². The molecule has 14 heavy (non-hydrogen) atoms. The van der Waals surface area contributed by atoms with Crippen molar-refractivity contribution >= 4 is 11.3 Å². The molecule has 1 heterocycles. The Morgan fingerprint density at radius 1 is 1.50 bits per heavy atom. The number of nitrogens with one attached hydrogen (secondary N) is 1. The Kier molecular flexibility index (Phi) is 4.12. The Balaban J connectivity index is 2.62. The van der Waals surface area contributed by atoms with E-state index >= 15 is 0 Å². The molecule has 1 aromatic heterocycles. The second kappa shape index (κ2) is 5.14. The molecule has 2 nitrogen and oxygen atoms in total. The van der Waals surface area contributed by atoms with Crippen molar-refractivity contribution in [1.82, 2.24) is 10.3 Å². The van der Waals surface area contributed by atoms with Crippen LogP contribution in [0, 0.1) is 25.7 Å². The lowest BCUT2D eigenvalue weighted by Gasteiger charge is -2.09. The van der Waals surface area contributed by atoms with E-state index in [2.05, 4.69) is 36.0 Å². The average Bonchev–Trinajstić information content (AvgIpc) is 2.45. The number of aromatic nitrogens is 1. The van der Waals surface area contributed by atoms with Gasteiger partial charge in [0, 0.05) is 10.9 Å². The molecule has 0 aliphatic rings. The summed E-state index contributed by atoms with van der Waals surface area (Å²) in [5.41, 5.74) is 1.16. The molecule has 0 aliphatic heterocycles. The molecule has 0 spiro atoms. The minimum Gasteiger partial charge on any atom is -0.298 e. The summed E-state index contributed by atoms with van der Waals surface area (Å²) in [6, 6.07) is 0.292. The predicted octanol–water partition coefficient (Wildman–Crippen LogP) is 2.43. The molecular formula is C11H16N2S. The minimum atomic E-state index is 0.292. The molecule has 0 aromatic carbocycles. The number of hydrogen-bond acceptors (Lipinski definition) is 3. The largest absolute Gasteiger partial charge is 0.298 e. The van der Waals surface area contributed by atoms with Gasteiger partial charge in [-0.2, -0.15) is 0 Å². The Morgan fingerprint density at radius 2 is 2.21 bits per heavy atom. The van der Waals surface area contributed by atoms with Gasteiger partial charge in [0.2, 0.25) is 0 Å². The van der Waals surface area contributed by atoms with Crippen molar-refractivity contribution in [3.63, 3.8) is 0 Å². The van der Waals surface area contributed by atoms with Gasteiger partial charge < -0.3 is 0 Å². The van der Waals surface area contributed by atoms with Crippen LogP contribution in [0.3, 0.4) is 0 Å². The van der Waals surface area contributed by atoms with Crippen LogP contribution in [-0.2, 0) is 0 Å². The highest BCUT2D eigenvalue weighted by molar-refractivity contribution is 7.11. The van der Waals surface area contributed by atoms with Crippen LogP contribution in [0.15, 0.2) is 0 Å². The van der Waals surface area contributed by atoms with Crippen molar-refractivity contribution in [2.45, 2.75) is 33.7 Å². The van der Waals surface area contributed by atoms with E-state index in [9.17, 15) is 0 Å².